The van der Waals surface area contributed by atoms with Crippen LogP contribution in [-0.4, -0.2) is 12.9 Å². The number of ether oxygens (including phenoxy) is 1. The van der Waals surface area contributed by atoms with Gasteiger partial charge in [-0.05, 0) is 42.7 Å². The Hall–Kier alpha value is -2.09. The van der Waals surface area contributed by atoms with E-state index < -0.39 is 0 Å². The standard InChI is InChI=1S/C17H16O2/c1-11-3-5-12(6-4-11)16-10-13-9-14(19-2)7-8-15(13)17(16)18/h3-9,16H,10H2,1-2H3/t16-/m1/s1. The van der Waals surface area contributed by atoms with Crippen LogP contribution in [0.1, 0.15) is 33.0 Å². The normalized spacial score (nSPS) is 17.4. The monoisotopic (exact) mass is 252 g/mol. The number of rotatable bonds is 2. The number of hydrogen-bond donors (Lipinski definition) is 0. The molecule has 2 aromatic carbocycles. The number of hydrogen-bond acceptors (Lipinski definition) is 2. The third-order valence-corrected chi connectivity index (χ3v) is 3.80. The first kappa shape index (κ1) is 12.0. The summed E-state index contributed by atoms with van der Waals surface area (Å²) in [6.45, 7) is 2.06. The molecule has 0 bridgehead atoms. The lowest BCUT2D eigenvalue weighted by Gasteiger charge is -2.08. The zero-order valence-corrected chi connectivity index (χ0v) is 11.1. The van der Waals surface area contributed by atoms with E-state index in [2.05, 4.69) is 31.2 Å². The summed E-state index contributed by atoms with van der Waals surface area (Å²) in [7, 11) is 1.65. The summed E-state index contributed by atoms with van der Waals surface area (Å²) in [6, 6.07) is 13.9. The quantitative estimate of drug-likeness (QED) is 0.817. The molecular formula is C17H16O2. The Kier molecular flexibility index (Phi) is 2.86. The number of ketones is 1. The van der Waals surface area contributed by atoms with Gasteiger partial charge in [0.2, 0.25) is 0 Å². The summed E-state index contributed by atoms with van der Waals surface area (Å²) in [6.07, 6.45) is 0.772. The van der Waals surface area contributed by atoms with Crippen LogP contribution in [0.2, 0.25) is 0 Å². The van der Waals surface area contributed by atoms with Crippen molar-refractivity contribution in [1.29, 1.82) is 0 Å². The lowest BCUT2D eigenvalue weighted by molar-refractivity contribution is 0.0973. The maximum absolute atomic E-state index is 12.4. The van der Waals surface area contributed by atoms with Gasteiger partial charge in [0.15, 0.2) is 5.78 Å². The molecule has 0 aliphatic heterocycles. The first-order valence-electron chi connectivity index (χ1n) is 6.47. The third kappa shape index (κ3) is 2.03. The van der Waals surface area contributed by atoms with Crippen LogP contribution in [-0.2, 0) is 6.42 Å². The van der Waals surface area contributed by atoms with Gasteiger partial charge in [-0.3, -0.25) is 4.79 Å². The highest BCUT2D eigenvalue weighted by molar-refractivity contribution is 6.05. The average Bonchev–Trinajstić information content (AvgIpc) is 2.76. The lowest BCUT2D eigenvalue weighted by Crippen LogP contribution is -2.06. The molecular weight excluding hydrogens is 236 g/mol. The first-order valence-corrected chi connectivity index (χ1v) is 6.47. The molecule has 0 radical (unpaired) electrons. The zero-order chi connectivity index (χ0) is 13.4. The molecule has 19 heavy (non-hydrogen) atoms. The van der Waals surface area contributed by atoms with E-state index in [4.69, 9.17) is 4.74 Å². The van der Waals surface area contributed by atoms with E-state index in [1.165, 1.54) is 5.56 Å². The fourth-order valence-corrected chi connectivity index (χ4v) is 2.67. The minimum absolute atomic E-state index is 0.0392. The molecule has 0 unspecified atom stereocenters. The molecule has 0 fully saturated rings. The molecule has 0 saturated heterocycles. The van der Waals surface area contributed by atoms with Crippen molar-refractivity contribution in [3.8, 4) is 5.75 Å². The van der Waals surface area contributed by atoms with Crippen molar-refractivity contribution >= 4 is 5.78 Å². The van der Waals surface area contributed by atoms with Gasteiger partial charge < -0.3 is 4.74 Å². The minimum atomic E-state index is -0.0392. The van der Waals surface area contributed by atoms with Crippen molar-refractivity contribution < 1.29 is 9.53 Å². The van der Waals surface area contributed by atoms with E-state index in [1.54, 1.807) is 7.11 Å². The van der Waals surface area contributed by atoms with Gasteiger partial charge in [0.25, 0.3) is 0 Å². The van der Waals surface area contributed by atoms with Crippen LogP contribution < -0.4 is 4.74 Å². The minimum Gasteiger partial charge on any atom is -0.497 e. The summed E-state index contributed by atoms with van der Waals surface area (Å²) >= 11 is 0. The molecule has 2 nitrogen and oxygen atoms in total. The number of carbonyl (C=O) groups excluding carboxylic acids is 1. The first-order chi connectivity index (χ1) is 9.19. The SMILES string of the molecule is COc1ccc2c(c1)C[C@H](c1ccc(C)cc1)C2=O. The molecule has 0 amide bonds. The molecule has 0 aromatic heterocycles. The molecule has 3 rings (SSSR count). The molecule has 2 heteroatoms. The fourth-order valence-electron chi connectivity index (χ4n) is 2.67. The van der Waals surface area contributed by atoms with Crippen molar-refractivity contribution in [2.75, 3.05) is 7.11 Å². The third-order valence-electron chi connectivity index (χ3n) is 3.80. The van der Waals surface area contributed by atoms with Crippen molar-refractivity contribution in [2.24, 2.45) is 0 Å². The molecule has 0 heterocycles. The van der Waals surface area contributed by atoms with Crippen LogP contribution in [0, 0.1) is 6.92 Å². The molecule has 2 aromatic rings. The van der Waals surface area contributed by atoms with E-state index in [0.717, 1.165) is 28.9 Å². The Bertz CT molecular complexity index is 626. The number of benzene rings is 2. The topological polar surface area (TPSA) is 26.3 Å². The van der Waals surface area contributed by atoms with E-state index in [-0.39, 0.29) is 11.7 Å². The van der Waals surface area contributed by atoms with Crippen molar-refractivity contribution in [1.82, 2.24) is 0 Å². The predicted molar refractivity (Wildman–Crippen MR) is 74.9 cm³/mol. The van der Waals surface area contributed by atoms with Gasteiger partial charge >= 0.3 is 0 Å². The average molecular weight is 252 g/mol. The Morgan fingerprint density at radius 2 is 1.84 bits per heavy atom. The maximum Gasteiger partial charge on any atom is 0.170 e. The molecule has 0 spiro atoms. The van der Waals surface area contributed by atoms with Crippen LogP contribution in [0.5, 0.6) is 5.75 Å². The summed E-state index contributed by atoms with van der Waals surface area (Å²) < 4.78 is 5.22. The highest BCUT2D eigenvalue weighted by Gasteiger charge is 2.31. The van der Waals surface area contributed by atoms with Gasteiger partial charge in [0.1, 0.15) is 5.75 Å². The molecule has 0 N–H and O–H groups in total. The highest BCUT2D eigenvalue weighted by atomic mass is 16.5. The van der Waals surface area contributed by atoms with E-state index in [9.17, 15) is 4.79 Å². The molecule has 1 aliphatic carbocycles. The molecule has 1 aliphatic rings. The van der Waals surface area contributed by atoms with Gasteiger partial charge in [-0.25, -0.2) is 0 Å². The zero-order valence-electron chi connectivity index (χ0n) is 11.1. The van der Waals surface area contributed by atoms with Gasteiger partial charge in [0.05, 0.1) is 13.0 Å². The van der Waals surface area contributed by atoms with Crippen LogP contribution in [0.3, 0.4) is 0 Å². The van der Waals surface area contributed by atoms with Crippen molar-refractivity contribution in [2.45, 2.75) is 19.3 Å². The Morgan fingerprint density at radius 1 is 1.11 bits per heavy atom. The summed E-state index contributed by atoms with van der Waals surface area (Å²) in [5.74, 6) is 1.00. The van der Waals surface area contributed by atoms with E-state index >= 15 is 0 Å². The fraction of sp³-hybridized carbons (Fsp3) is 0.235. The van der Waals surface area contributed by atoms with Crippen LogP contribution in [0.4, 0.5) is 0 Å². The number of fused-ring (bicyclic) bond motifs is 1. The second kappa shape index (κ2) is 4.54. The summed E-state index contributed by atoms with van der Waals surface area (Å²) in [5.41, 5.74) is 4.25. The predicted octanol–water partition coefficient (Wildman–Crippen LogP) is 3.53. The number of Topliss-reactive ketones (excluding diaryl/α,β-unsaturated/α-hetero) is 1. The highest BCUT2D eigenvalue weighted by Crippen LogP contribution is 2.35. The largest absolute Gasteiger partial charge is 0.497 e. The van der Waals surface area contributed by atoms with E-state index in [1.807, 2.05) is 18.2 Å². The van der Waals surface area contributed by atoms with Crippen LogP contribution >= 0.6 is 0 Å². The van der Waals surface area contributed by atoms with Crippen molar-refractivity contribution in [3.63, 3.8) is 0 Å². The molecule has 96 valence electrons. The second-order valence-electron chi connectivity index (χ2n) is 5.05. The molecule has 0 saturated carbocycles. The number of methoxy groups -OCH3 is 1. The summed E-state index contributed by atoms with van der Waals surface area (Å²) in [5, 5.41) is 0. The van der Waals surface area contributed by atoms with Crippen LogP contribution in [0.15, 0.2) is 42.5 Å². The lowest BCUT2D eigenvalue weighted by atomic mass is 9.94. The van der Waals surface area contributed by atoms with E-state index in [0.29, 0.717) is 0 Å². The maximum atomic E-state index is 12.4. The summed E-state index contributed by atoms with van der Waals surface area (Å²) in [4.78, 5) is 12.4. The smallest absolute Gasteiger partial charge is 0.170 e. The number of carbonyl (C=O) groups is 1. The van der Waals surface area contributed by atoms with Gasteiger partial charge in [0, 0.05) is 5.56 Å². The van der Waals surface area contributed by atoms with Gasteiger partial charge in [-0.2, -0.15) is 0 Å². The van der Waals surface area contributed by atoms with Gasteiger partial charge in [-0.1, -0.05) is 29.8 Å². The van der Waals surface area contributed by atoms with Crippen molar-refractivity contribution in [3.05, 3.63) is 64.7 Å². The Labute approximate surface area is 113 Å². The Morgan fingerprint density at radius 3 is 2.53 bits per heavy atom. The van der Waals surface area contributed by atoms with Crippen LogP contribution in [0.25, 0.3) is 0 Å². The van der Waals surface area contributed by atoms with Gasteiger partial charge in [-0.15, -0.1) is 0 Å². The second-order valence-corrected chi connectivity index (χ2v) is 5.05. The Balaban J connectivity index is 1.96. The molecule has 1 atom stereocenters. The number of aryl methyl sites for hydroxylation is 1.